The molecule has 0 bridgehead atoms. The molecular formula is C15H24N2S. The summed E-state index contributed by atoms with van der Waals surface area (Å²) in [7, 11) is 0. The highest BCUT2D eigenvalue weighted by molar-refractivity contribution is 7.98. The zero-order chi connectivity index (χ0) is 12.8. The van der Waals surface area contributed by atoms with E-state index in [0.29, 0.717) is 6.04 Å². The predicted molar refractivity (Wildman–Crippen MR) is 79.9 cm³/mol. The number of rotatable bonds is 5. The smallest absolute Gasteiger partial charge is 0.0205 e. The third-order valence-corrected chi connectivity index (χ3v) is 4.56. The normalized spacial score (nSPS) is 24.1. The van der Waals surface area contributed by atoms with Gasteiger partial charge in [0, 0.05) is 17.5 Å². The monoisotopic (exact) mass is 264 g/mol. The lowest BCUT2D eigenvalue weighted by Crippen LogP contribution is -2.31. The first-order valence-corrected chi connectivity index (χ1v) is 8.09. The van der Waals surface area contributed by atoms with E-state index in [1.165, 1.54) is 36.1 Å². The molecule has 18 heavy (non-hydrogen) atoms. The van der Waals surface area contributed by atoms with Crippen LogP contribution in [0.5, 0.6) is 0 Å². The lowest BCUT2D eigenvalue weighted by molar-refractivity contribution is 0.314. The molecule has 1 saturated carbocycles. The maximum atomic E-state index is 5.92. The summed E-state index contributed by atoms with van der Waals surface area (Å²) >= 11 is 1.79. The molecule has 0 atom stereocenters. The quantitative estimate of drug-likeness (QED) is 0.803. The Kier molecular flexibility index (Phi) is 5.54. The van der Waals surface area contributed by atoms with Gasteiger partial charge >= 0.3 is 0 Å². The maximum absolute atomic E-state index is 5.92. The molecule has 0 amide bonds. The number of nitrogens with two attached hydrogens (primary N) is 1. The van der Waals surface area contributed by atoms with Crippen molar-refractivity contribution in [3.63, 3.8) is 0 Å². The van der Waals surface area contributed by atoms with Gasteiger partial charge in [-0.25, -0.2) is 0 Å². The predicted octanol–water partition coefficient (Wildman–Crippen LogP) is 3.02. The summed E-state index contributed by atoms with van der Waals surface area (Å²) < 4.78 is 0. The number of hydrogen-bond acceptors (Lipinski definition) is 3. The largest absolute Gasteiger partial charge is 0.328 e. The molecule has 0 aliphatic heterocycles. The zero-order valence-electron chi connectivity index (χ0n) is 11.2. The van der Waals surface area contributed by atoms with Gasteiger partial charge < -0.3 is 11.1 Å². The number of hydrogen-bond donors (Lipinski definition) is 2. The summed E-state index contributed by atoms with van der Waals surface area (Å²) in [6.07, 6.45) is 7.10. The Balaban J connectivity index is 1.68. The van der Waals surface area contributed by atoms with Crippen molar-refractivity contribution in [2.24, 2.45) is 11.7 Å². The Morgan fingerprint density at radius 1 is 1.17 bits per heavy atom. The molecule has 0 saturated heterocycles. The molecule has 0 aromatic heterocycles. The number of nitrogens with one attached hydrogen (secondary N) is 1. The van der Waals surface area contributed by atoms with Crippen molar-refractivity contribution in [2.75, 3.05) is 12.8 Å². The molecular weight excluding hydrogens is 240 g/mol. The van der Waals surface area contributed by atoms with Gasteiger partial charge in [-0.15, -0.1) is 11.8 Å². The van der Waals surface area contributed by atoms with Crippen LogP contribution in [0, 0.1) is 5.92 Å². The molecule has 0 unspecified atom stereocenters. The second-order valence-corrected chi connectivity index (χ2v) is 6.14. The highest BCUT2D eigenvalue weighted by atomic mass is 32.2. The molecule has 2 nitrogen and oxygen atoms in total. The molecule has 0 radical (unpaired) electrons. The molecule has 1 aromatic carbocycles. The standard InChI is InChI=1S/C15H24N2S/c1-18-15-8-4-13(5-9-15)11-17-10-12-2-6-14(16)7-3-12/h4-5,8-9,12,14,17H,2-3,6-7,10-11,16H2,1H3. The topological polar surface area (TPSA) is 38.0 Å². The van der Waals surface area contributed by atoms with Gasteiger partial charge in [0.2, 0.25) is 0 Å². The van der Waals surface area contributed by atoms with Crippen LogP contribution >= 0.6 is 11.8 Å². The molecule has 1 aromatic rings. The van der Waals surface area contributed by atoms with Crippen molar-refractivity contribution in [2.45, 2.75) is 43.2 Å². The maximum Gasteiger partial charge on any atom is 0.0205 e. The summed E-state index contributed by atoms with van der Waals surface area (Å²) in [5, 5.41) is 3.58. The molecule has 0 spiro atoms. The Morgan fingerprint density at radius 2 is 1.83 bits per heavy atom. The second kappa shape index (κ2) is 7.17. The van der Waals surface area contributed by atoms with Crippen LogP contribution in [0.3, 0.4) is 0 Å². The van der Waals surface area contributed by atoms with Gasteiger partial charge in [0.25, 0.3) is 0 Å². The Morgan fingerprint density at radius 3 is 2.44 bits per heavy atom. The van der Waals surface area contributed by atoms with Crippen LogP contribution in [-0.4, -0.2) is 18.8 Å². The van der Waals surface area contributed by atoms with Gasteiger partial charge in [0.15, 0.2) is 0 Å². The van der Waals surface area contributed by atoms with E-state index in [4.69, 9.17) is 5.73 Å². The van der Waals surface area contributed by atoms with Gasteiger partial charge in [0.05, 0.1) is 0 Å². The molecule has 1 aliphatic rings. The summed E-state index contributed by atoms with van der Waals surface area (Å²) in [6, 6.07) is 9.29. The van der Waals surface area contributed by atoms with E-state index in [1.807, 2.05) is 0 Å². The molecule has 3 heteroatoms. The molecule has 100 valence electrons. The zero-order valence-corrected chi connectivity index (χ0v) is 12.0. The second-order valence-electron chi connectivity index (χ2n) is 5.26. The van der Waals surface area contributed by atoms with Crippen LogP contribution in [0.25, 0.3) is 0 Å². The highest BCUT2D eigenvalue weighted by Crippen LogP contribution is 2.22. The Hall–Kier alpha value is -0.510. The molecule has 3 N–H and O–H groups in total. The van der Waals surface area contributed by atoms with Crippen molar-refractivity contribution in [1.82, 2.24) is 5.32 Å². The fourth-order valence-electron chi connectivity index (χ4n) is 2.56. The lowest BCUT2D eigenvalue weighted by atomic mass is 9.86. The first-order valence-electron chi connectivity index (χ1n) is 6.87. The number of thioether (sulfide) groups is 1. The first-order chi connectivity index (χ1) is 8.78. The fourth-order valence-corrected chi connectivity index (χ4v) is 2.96. The average Bonchev–Trinajstić information content (AvgIpc) is 2.42. The van der Waals surface area contributed by atoms with E-state index in [2.05, 4.69) is 35.8 Å². The van der Waals surface area contributed by atoms with E-state index in [-0.39, 0.29) is 0 Å². The van der Waals surface area contributed by atoms with Crippen LogP contribution in [-0.2, 0) is 6.54 Å². The van der Waals surface area contributed by atoms with E-state index in [9.17, 15) is 0 Å². The van der Waals surface area contributed by atoms with Crippen molar-refractivity contribution < 1.29 is 0 Å². The summed E-state index contributed by atoms with van der Waals surface area (Å²) in [4.78, 5) is 1.33. The molecule has 1 fully saturated rings. The average molecular weight is 264 g/mol. The van der Waals surface area contributed by atoms with Gasteiger partial charge in [-0.05, 0) is 62.1 Å². The van der Waals surface area contributed by atoms with Crippen LogP contribution < -0.4 is 11.1 Å². The highest BCUT2D eigenvalue weighted by Gasteiger charge is 2.17. The van der Waals surface area contributed by atoms with Crippen LogP contribution in [0.1, 0.15) is 31.2 Å². The van der Waals surface area contributed by atoms with E-state index in [1.54, 1.807) is 11.8 Å². The lowest BCUT2D eigenvalue weighted by Gasteiger charge is -2.26. The van der Waals surface area contributed by atoms with Crippen molar-refractivity contribution in [1.29, 1.82) is 0 Å². The van der Waals surface area contributed by atoms with E-state index >= 15 is 0 Å². The number of benzene rings is 1. The van der Waals surface area contributed by atoms with Crippen molar-refractivity contribution in [3.05, 3.63) is 29.8 Å². The van der Waals surface area contributed by atoms with Gasteiger partial charge in [-0.2, -0.15) is 0 Å². The van der Waals surface area contributed by atoms with Crippen molar-refractivity contribution in [3.8, 4) is 0 Å². The third kappa shape index (κ3) is 4.30. The molecule has 1 aliphatic carbocycles. The van der Waals surface area contributed by atoms with E-state index in [0.717, 1.165) is 19.0 Å². The minimum atomic E-state index is 0.459. The minimum Gasteiger partial charge on any atom is -0.328 e. The summed E-state index contributed by atoms with van der Waals surface area (Å²) in [5.74, 6) is 0.829. The minimum absolute atomic E-state index is 0.459. The van der Waals surface area contributed by atoms with Crippen LogP contribution in [0.4, 0.5) is 0 Å². The van der Waals surface area contributed by atoms with Gasteiger partial charge in [-0.3, -0.25) is 0 Å². The van der Waals surface area contributed by atoms with E-state index < -0.39 is 0 Å². The van der Waals surface area contributed by atoms with Gasteiger partial charge in [-0.1, -0.05) is 12.1 Å². The Labute approximate surface area is 115 Å². The SMILES string of the molecule is CSc1ccc(CNCC2CCC(N)CC2)cc1. The van der Waals surface area contributed by atoms with Crippen LogP contribution in [0.15, 0.2) is 29.2 Å². The summed E-state index contributed by atoms with van der Waals surface area (Å²) in [5.41, 5.74) is 7.30. The Bertz CT molecular complexity index is 342. The van der Waals surface area contributed by atoms with Gasteiger partial charge in [0.1, 0.15) is 0 Å². The molecule has 0 heterocycles. The molecule has 2 rings (SSSR count). The summed E-state index contributed by atoms with van der Waals surface area (Å²) in [6.45, 7) is 2.12. The third-order valence-electron chi connectivity index (χ3n) is 3.81. The first kappa shape index (κ1) is 13.9. The fraction of sp³-hybridized carbons (Fsp3) is 0.600. The van der Waals surface area contributed by atoms with Crippen molar-refractivity contribution >= 4 is 11.8 Å². The van der Waals surface area contributed by atoms with Crippen LogP contribution in [0.2, 0.25) is 0 Å².